The standard InChI is InChI=1S/C18H19N5O3/c1-18(5-3-6-18)9-20-17(25)12-8-11(13-4-2-7-26-13)22-16-14(15(19)24)21-10-23(12)16/h2,4,7-8,10H,3,5-6,9H2,1H3,(H2,19,24)(H,20,25). The van der Waals surface area contributed by atoms with Gasteiger partial charge in [-0.3, -0.25) is 14.0 Å². The average molecular weight is 353 g/mol. The Bertz CT molecular complexity index is 986. The van der Waals surface area contributed by atoms with Crippen molar-refractivity contribution in [3.8, 4) is 11.5 Å². The number of hydrogen-bond acceptors (Lipinski definition) is 5. The number of nitrogens with one attached hydrogen (secondary N) is 1. The van der Waals surface area contributed by atoms with Crippen LogP contribution in [0.4, 0.5) is 0 Å². The second-order valence-electron chi connectivity index (χ2n) is 7.00. The van der Waals surface area contributed by atoms with Crippen molar-refractivity contribution in [3.63, 3.8) is 0 Å². The molecule has 0 atom stereocenters. The predicted octanol–water partition coefficient (Wildman–Crippen LogP) is 2.01. The number of primary amides is 1. The van der Waals surface area contributed by atoms with Gasteiger partial charge in [0.25, 0.3) is 11.8 Å². The van der Waals surface area contributed by atoms with Crippen LogP contribution in [0.5, 0.6) is 0 Å². The normalized spacial score (nSPS) is 15.6. The van der Waals surface area contributed by atoms with Gasteiger partial charge >= 0.3 is 0 Å². The van der Waals surface area contributed by atoms with Crippen LogP contribution in [0.25, 0.3) is 17.1 Å². The van der Waals surface area contributed by atoms with Gasteiger partial charge in [0.2, 0.25) is 0 Å². The van der Waals surface area contributed by atoms with Gasteiger partial charge in [-0.25, -0.2) is 9.97 Å². The molecule has 1 aliphatic rings. The highest BCUT2D eigenvalue weighted by atomic mass is 16.3. The van der Waals surface area contributed by atoms with Crippen molar-refractivity contribution < 1.29 is 14.0 Å². The molecule has 0 aliphatic heterocycles. The van der Waals surface area contributed by atoms with E-state index in [0.717, 1.165) is 12.8 Å². The number of nitrogens with zero attached hydrogens (tertiary/aromatic N) is 3. The van der Waals surface area contributed by atoms with E-state index in [1.54, 1.807) is 18.2 Å². The van der Waals surface area contributed by atoms with Gasteiger partial charge in [-0.2, -0.15) is 0 Å². The Kier molecular flexibility index (Phi) is 3.75. The highest BCUT2D eigenvalue weighted by Crippen LogP contribution is 2.39. The molecule has 0 spiro atoms. The number of aromatic nitrogens is 3. The molecule has 134 valence electrons. The number of carbonyl (C=O) groups is 2. The lowest BCUT2D eigenvalue weighted by atomic mass is 9.70. The molecule has 26 heavy (non-hydrogen) atoms. The first-order chi connectivity index (χ1) is 12.5. The minimum atomic E-state index is -0.704. The van der Waals surface area contributed by atoms with Gasteiger partial charge in [0.1, 0.15) is 17.7 Å². The van der Waals surface area contributed by atoms with Crippen LogP contribution in [0.2, 0.25) is 0 Å². The van der Waals surface area contributed by atoms with Crippen molar-refractivity contribution in [3.05, 3.63) is 42.2 Å². The number of carbonyl (C=O) groups excluding carboxylic acids is 2. The Hall–Kier alpha value is -3.16. The maximum absolute atomic E-state index is 12.8. The van der Waals surface area contributed by atoms with Crippen LogP contribution >= 0.6 is 0 Å². The first-order valence-corrected chi connectivity index (χ1v) is 8.47. The van der Waals surface area contributed by atoms with Gasteiger partial charge in [-0.15, -0.1) is 0 Å². The zero-order valence-corrected chi connectivity index (χ0v) is 14.4. The SMILES string of the molecule is CC1(CNC(=O)c2cc(-c3ccco3)nc3c(C(N)=O)ncn23)CCC1. The molecule has 2 amide bonds. The fourth-order valence-electron chi connectivity index (χ4n) is 3.21. The summed E-state index contributed by atoms with van der Waals surface area (Å²) >= 11 is 0. The maximum Gasteiger partial charge on any atom is 0.271 e. The molecule has 4 rings (SSSR count). The third kappa shape index (κ3) is 2.73. The molecule has 0 saturated heterocycles. The zero-order valence-electron chi connectivity index (χ0n) is 14.4. The van der Waals surface area contributed by atoms with Crippen LogP contribution in [0.15, 0.2) is 35.2 Å². The largest absolute Gasteiger partial charge is 0.463 e. The second kappa shape index (κ2) is 5.98. The fourth-order valence-corrected chi connectivity index (χ4v) is 3.21. The average Bonchev–Trinajstić information content (AvgIpc) is 3.26. The Morgan fingerprint density at radius 2 is 2.23 bits per heavy atom. The quantitative estimate of drug-likeness (QED) is 0.728. The number of nitrogens with two attached hydrogens (primary N) is 1. The number of amides is 2. The molecule has 3 aromatic rings. The summed E-state index contributed by atoms with van der Waals surface area (Å²) in [5, 5.41) is 2.98. The first-order valence-electron chi connectivity index (χ1n) is 8.47. The highest BCUT2D eigenvalue weighted by Gasteiger charge is 2.32. The van der Waals surface area contributed by atoms with E-state index in [4.69, 9.17) is 10.2 Å². The Morgan fingerprint density at radius 1 is 1.42 bits per heavy atom. The van der Waals surface area contributed by atoms with E-state index in [-0.39, 0.29) is 22.7 Å². The monoisotopic (exact) mass is 353 g/mol. The summed E-state index contributed by atoms with van der Waals surface area (Å²) in [6.07, 6.45) is 6.30. The van der Waals surface area contributed by atoms with Gasteiger partial charge in [0.05, 0.1) is 6.26 Å². The van der Waals surface area contributed by atoms with Crippen LogP contribution in [-0.2, 0) is 0 Å². The summed E-state index contributed by atoms with van der Waals surface area (Å²) in [6, 6.07) is 5.08. The Morgan fingerprint density at radius 3 is 2.85 bits per heavy atom. The summed E-state index contributed by atoms with van der Waals surface area (Å²) in [5.41, 5.74) is 6.53. The van der Waals surface area contributed by atoms with E-state index in [9.17, 15) is 9.59 Å². The van der Waals surface area contributed by atoms with Crippen molar-refractivity contribution in [1.82, 2.24) is 19.7 Å². The van der Waals surface area contributed by atoms with Crippen LogP contribution < -0.4 is 11.1 Å². The van der Waals surface area contributed by atoms with Crippen molar-refractivity contribution >= 4 is 17.5 Å². The summed E-state index contributed by atoms with van der Waals surface area (Å²) < 4.78 is 6.86. The minimum Gasteiger partial charge on any atom is -0.463 e. The first kappa shape index (κ1) is 16.3. The van der Waals surface area contributed by atoms with Crippen molar-refractivity contribution in [2.24, 2.45) is 11.1 Å². The van der Waals surface area contributed by atoms with Gasteiger partial charge in [0.15, 0.2) is 17.1 Å². The van der Waals surface area contributed by atoms with Crippen LogP contribution in [0.3, 0.4) is 0 Å². The van der Waals surface area contributed by atoms with Gasteiger partial charge in [0, 0.05) is 6.54 Å². The third-order valence-corrected chi connectivity index (χ3v) is 4.98. The molecule has 0 bridgehead atoms. The lowest BCUT2D eigenvalue weighted by Crippen LogP contribution is -2.40. The van der Waals surface area contributed by atoms with Crippen molar-refractivity contribution in [2.45, 2.75) is 26.2 Å². The van der Waals surface area contributed by atoms with Gasteiger partial charge < -0.3 is 15.5 Å². The van der Waals surface area contributed by atoms with E-state index in [1.807, 2.05) is 0 Å². The Labute approximate surface area is 149 Å². The number of furan rings is 1. The lowest BCUT2D eigenvalue weighted by Gasteiger charge is -2.38. The molecule has 0 radical (unpaired) electrons. The highest BCUT2D eigenvalue weighted by molar-refractivity contribution is 5.99. The van der Waals surface area contributed by atoms with Crippen molar-refractivity contribution in [1.29, 1.82) is 0 Å². The third-order valence-electron chi connectivity index (χ3n) is 4.98. The van der Waals surface area contributed by atoms with E-state index >= 15 is 0 Å². The van der Waals surface area contributed by atoms with Gasteiger partial charge in [-0.05, 0) is 36.5 Å². The summed E-state index contributed by atoms with van der Waals surface area (Å²) in [6.45, 7) is 2.76. The molecule has 3 N–H and O–H groups in total. The topological polar surface area (TPSA) is 116 Å². The molecular weight excluding hydrogens is 334 g/mol. The minimum absolute atomic E-state index is 0.0124. The van der Waals surface area contributed by atoms with Crippen LogP contribution in [0, 0.1) is 5.41 Å². The van der Waals surface area contributed by atoms with Crippen LogP contribution in [-0.4, -0.2) is 32.7 Å². The molecular formula is C18H19N5O3. The number of fused-ring (bicyclic) bond motifs is 1. The second-order valence-corrected chi connectivity index (χ2v) is 7.00. The fraction of sp³-hybridized carbons (Fsp3) is 0.333. The summed E-state index contributed by atoms with van der Waals surface area (Å²) in [4.78, 5) is 32.9. The van der Waals surface area contributed by atoms with E-state index < -0.39 is 5.91 Å². The molecule has 3 heterocycles. The van der Waals surface area contributed by atoms with E-state index in [0.29, 0.717) is 23.7 Å². The molecule has 8 nitrogen and oxygen atoms in total. The summed E-state index contributed by atoms with van der Waals surface area (Å²) in [7, 11) is 0. The van der Waals surface area contributed by atoms with Crippen LogP contribution in [0.1, 0.15) is 47.2 Å². The molecule has 1 aliphatic carbocycles. The van der Waals surface area contributed by atoms with Crippen molar-refractivity contribution in [2.75, 3.05) is 6.54 Å². The van der Waals surface area contributed by atoms with Gasteiger partial charge in [-0.1, -0.05) is 13.3 Å². The lowest BCUT2D eigenvalue weighted by molar-refractivity contribution is 0.0884. The molecule has 8 heteroatoms. The molecule has 0 aromatic carbocycles. The molecule has 0 unspecified atom stereocenters. The van der Waals surface area contributed by atoms with E-state index in [1.165, 1.54) is 23.4 Å². The number of rotatable bonds is 5. The van der Waals surface area contributed by atoms with E-state index in [2.05, 4.69) is 22.2 Å². The smallest absolute Gasteiger partial charge is 0.271 e. The maximum atomic E-state index is 12.8. The predicted molar refractivity (Wildman–Crippen MR) is 93.5 cm³/mol. The molecule has 1 saturated carbocycles. The zero-order chi connectivity index (χ0) is 18.3. The Balaban J connectivity index is 1.76. The number of imidazole rings is 1. The number of hydrogen-bond donors (Lipinski definition) is 2. The molecule has 1 fully saturated rings. The molecule has 3 aromatic heterocycles. The summed E-state index contributed by atoms with van der Waals surface area (Å²) in [5.74, 6) is -0.471.